The number of benzene rings is 2. The number of nitrogens with two attached hydrogens (primary N) is 1. The molecular formula is C19H21Cl2N3O4. The maximum Gasteiger partial charge on any atom is 0.311 e. The van der Waals surface area contributed by atoms with Gasteiger partial charge in [0, 0.05) is 12.6 Å². The largest absolute Gasteiger partial charge is 0.485 e. The van der Waals surface area contributed by atoms with Crippen LogP contribution in [0.4, 0.5) is 5.69 Å². The van der Waals surface area contributed by atoms with Gasteiger partial charge in [-0.25, -0.2) is 0 Å². The molecule has 9 heteroatoms. The van der Waals surface area contributed by atoms with E-state index in [1.54, 1.807) is 12.1 Å². The molecule has 7 nitrogen and oxygen atoms in total. The molecule has 0 aliphatic rings. The van der Waals surface area contributed by atoms with E-state index < -0.39 is 10.8 Å². The standard InChI is InChI=1S/C19H21Cl2N3O4/c20-15-5-3-13(10-16(15)21)2-1-7-23-8-9-28-18-6-4-14(12-19(22)25)11-17(18)24(26)27/h3-6,10-11,23H,1-2,7-9,12H2,(H2,22,25). The van der Waals surface area contributed by atoms with Gasteiger partial charge in [-0.15, -0.1) is 0 Å². The molecule has 0 unspecified atom stereocenters. The predicted octanol–water partition coefficient (Wildman–Crippen LogP) is 3.53. The lowest BCUT2D eigenvalue weighted by molar-refractivity contribution is -0.385. The summed E-state index contributed by atoms with van der Waals surface area (Å²) in [5.74, 6) is -0.385. The van der Waals surface area contributed by atoms with Crippen molar-refractivity contribution in [2.45, 2.75) is 19.3 Å². The van der Waals surface area contributed by atoms with Crippen molar-refractivity contribution in [2.24, 2.45) is 5.73 Å². The average Bonchev–Trinajstić information content (AvgIpc) is 2.64. The van der Waals surface area contributed by atoms with Crippen LogP contribution in [-0.2, 0) is 17.6 Å². The van der Waals surface area contributed by atoms with Gasteiger partial charge in [-0.05, 0) is 48.7 Å². The zero-order valence-corrected chi connectivity index (χ0v) is 16.6. The number of rotatable bonds is 11. The maximum absolute atomic E-state index is 11.2. The van der Waals surface area contributed by atoms with Crippen LogP contribution < -0.4 is 15.8 Å². The molecule has 0 atom stereocenters. The van der Waals surface area contributed by atoms with Gasteiger partial charge in [0.1, 0.15) is 6.61 Å². The van der Waals surface area contributed by atoms with E-state index in [2.05, 4.69) is 5.32 Å². The number of aryl methyl sites for hydroxylation is 1. The highest BCUT2D eigenvalue weighted by Gasteiger charge is 2.16. The molecule has 0 saturated carbocycles. The second-order valence-corrected chi connectivity index (χ2v) is 6.97. The number of halogens is 2. The van der Waals surface area contributed by atoms with Crippen LogP contribution in [0, 0.1) is 10.1 Å². The van der Waals surface area contributed by atoms with Crippen LogP contribution in [0.15, 0.2) is 36.4 Å². The molecule has 0 radical (unpaired) electrons. The van der Waals surface area contributed by atoms with Gasteiger partial charge in [0.25, 0.3) is 0 Å². The minimum absolute atomic E-state index is 0.0541. The summed E-state index contributed by atoms with van der Waals surface area (Å²) in [6.07, 6.45) is 1.71. The van der Waals surface area contributed by atoms with E-state index in [1.165, 1.54) is 12.1 Å². The number of nitro groups is 1. The Labute approximate surface area is 172 Å². The molecule has 0 aliphatic heterocycles. The summed E-state index contributed by atoms with van der Waals surface area (Å²) in [6.45, 7) is 1.59. The number of nitro benzene ring substituents is 1. The van der Waals surface area contributed by atoms with Crippen LogP contribution in [0.3, 0.4) is 0 Å². The molecule has 28 heavy (non-hydrogen) atoms. The lowest BCUT2D eigenvalue weighted by atomic mass is 10.1. The number of nitrogens with one attached hydrogen (secondary N) is 1. The van der Waals surface area contributed by atoms with Crippen LogP contribution in [0.1, 0.15) is 17.5 Å². The van der Waals surface area contributed by atoms with Crippen molar-refractivity contribution in [3.63, 3.8) is 0 Å². The SMILES string of the molecule is NC(=O)Cc1ccc(OCCNCCCc2ccc(Cl)c(Cl)c2)c([N+](=O)[O-])c1. The quantitative estimate of drug-likeness (QED) is 0.325. The molecule has 2 rings (SSSR count). The molecule has 0 bridgehead atoms. The van der Waals surface area contributed by atoms with Gasteiger partial charge in [-0.1, -0.05) is 35.3 Å². The molecule has 1 amide bonds. The second-order valence-electron chi connectivity index (χ2n) is 6.15. The Morgan fingerprint density at radius 2 is 1.86 bits per heavy atom. The minimum atomic E-state index is -0.548. The van der Waals surface area contributed by atoms with Gasteiger partial charge in [0.2, 0.25) is 5.91 Å². The Kier molecular flexibility index (Phi) is 8.50. The lowest BCUT2D eigenvalue weighted by Gasteiger charge is -2.09. The van der Waals surface area contributed by atoms with E-state index in [1.807, 2.05) is 12.1 Å². The Hall–Kier alpha value is -2.35. The first-order valence-electron chi connectivity index (χ1n) is 8.70. The second kappa shape index (κ2) is 10.8. The van der Waals surface area contributed by atoms with Crippen molar-refractivity contribution in [1.82, 2.24) is 5.32 Å². The first-order chi connectivity index (χ1) is 13.4. The topological polar surface area (TPSA) is 107 Å². The van der Waals surface area contributed by atoms with Gasteiger partial charge in [0.05, 0.1) is 21.4 Å². The number of carbonyl (C=O) groups excluding carboxylic acids is 1. The zero-order valence-electron chi connectivity index (χ0n) is 15.1. The smallest absolute Gasteiger partial charge is 0.311 e. The average molecular weight is 426 g/mol. The summed E-state index contributed by atoms with van der Waals surface area (Å²) >= 11 is 11.9. The van der Waals surface area contributed by atoms with Crippen molar-refractivity contribution in [1.29, 1.82) is 0 Å². The first kappa shape index (κ1) is 21.9. The van der Waals surface area contributed by atoms with E-state index in [0.717, 1.165) is 24.9 Å². The Morgan fingerprint density at radius 3 is 2.54 bits per heavy atom. The van der Waals surface area contributed by atoms with Crippen molar-refractivity contribution in [3.05, 3.63) is 67.7 Å². The van der Waals surface area contributed by atoms with Crippen LogP contribution in [0.2, 0.25) is 10.0 Å². The lowest BCUT2D eigenvalue weighted by Crippen LogP contribution is -2.22. The number of nitrogens with zero attached hydrogens (tertiary/aromatic N) is 1. The third-order valence-electron chi connectivity index (χ3n) is 3.94. The summed E-state index contributed by atoms with van der Waals surface area (Å²) < 4.78 is 5.50. The highest BCUT2D eigenvalue weighted by atomic mass is 35.5. The molecule has 3 N–H and O–H groups in total. The van der Waals surface area contributed by atoms with Crippen LogP contribution >= 0.6 is 23.2 Å². The zero-order chi connectivity index (χ0) is 20.5. The molecule has 0 saturated heterocycles. The fourth-order valence-corrected chi connectivity index (χ4v) is 2.93. The predicted molar refractivity (Wildman–Crippen MR) is 109 cm³/mol. The highest BCUT2D eigenvalue weighted by molar-refractivity contribution is 6.42. The van der Waals surface area contributed by atoms with E-state index >= 15 is 0 Å². The highest BCUT2D eigenvalue weighted by Crippen LogP contribution is 2.28. The number of hydrogen-bond acceptors (Lipinski definition) is 5. The molecule has 0 fully saturated rings. The summed E-state index contributed by atoms with van der Waals surface area (Å²) in [4.78, 5) is 21.6. The Bertz CT molecular complexity index is 846. The number of hydrogen-bond donors (Lipinski definition) is 2. The fourth-order valence-electron chi connectivity index (χ4n) is 2.61. The third kappa shape index (κ3) is 6.99. The van der Waals surface area contributed by atoms with Crippen molar-refractivity contribution in [3.8, 4) is 5.75 Å². The Morgan fingerprint density at radius 1 is 1.11 bits per heavy atom. The molecular weight excluding hydrogens is 405 g/mol. The van der Waals surface area contributed by atoms with Crippen molar-refractivity contribution in [2.75, 3.05) is 19.7 Å². The van der Waals surface area contributed by atoms with Gasteiger partial charge in [0.15, 0.2) is 5.75 Å². The van der Waals surface area contributed by atoms with Gasteiger partial charge >= 0.3 is 5.69 Å². The molecule has 0 heterocycles. The number of primary amides is 1. The first-order valence-corrected chi connectivity index (χ1v) is 9.45. The minimum Gasteiger partial charge on any atom is -0.485 e. The number of amides is 1. The van der Waals surface area contributed by atoms with E-state index in [9.17, 15) is 14.9 Å². The number of carbonyl (C=O) groups is 1. The summed E-state index contributed by atoms with van der Waals surface area (Å²) in [5, 5.41) is 15.5. The van der Waals surface area contributed by atoms with E-state index in [0.29, 0.717) is 22.2 Å². The Balaban J connectivity index is 1.73. The molecule has 0 aliphatic carbocycles. The fraction of sp³-hybridized carbons (Fsp3) is 0.316. The van der Waals surface area contributed by atoms with E-state index in [-0.39, 0.29) is 24.5 Å². The van der Waals surface area contributed by atoms with Crippen molar-refractivity contribution < 1.29 is 14.5 Å². The van der Waals surface area contributed by atoms with Crippen molar-refractivity contribution >= 4 is 34.8 Å². The molecule has 0 aromatic heterocycles. The molecule has 2 aromatic rings. The summed E-state index contributed by atoms with van der Waals surface area (Å²) in [5.41, 5.74) is 6.52. The van der Waals surface area contributed by atoms with Crippen LogP contribution in [0.5, 0.6) is 5.75 Å². The number of ether oxygens (including phenoxy) is 1. The van der Waals surface area contributed by atoms with Gasteiger partial charge < -0.3 is 15.8 Å². The summed E-state index contributed by atoms with van der Waals surface area (Å²) in [6, 6.07) is 9.97. The third-order valence-corrected chi connectivity index (χ3v) is 4.68. The van der Waals surface area contributed by atoms with Gasteiger partial charge in [-0.3, -0.25) is 14.9 Å². The molecule has 0 spiro atoms. The van der Waals surface area contributed by atoms with E-state index in [4.69, 9.17) is 33.7 Å². The normalized spacial score (nSPS) is 10.6. The molecule has 2 aromatic carbocycles. The molecule has 150 valence electrons. The maximum atomic E-state index is 11.2. The van der Waals surface area contributed by atoms with Gasteiger partial charge in [-0.2, -0.15) is 0 Å². The van der Waals surface area contributed by atoms with Crippen LogP contribution in [-0.4, -0.2) is 30.5 Å². The summed E-state index contributed by atoms with van der Waals surface area (Å²) in [7, 11) is 0. The van der Waals surface area contributed by atoms with Crippen LogP contribution in [0.25, 0.3) is 0 Å². The monoisotopic (exact) mass is 425 g/mol.